The van der Waals surface area contributed by atoms with Gasteiger partial charge < -0.3 is 14.9 Å². The van der Waals surface area contributed by atoms with E-state index in [0.29, 0.717) is 11.3 Å². The van der Waals surface area contributed by atoms with E-state index in [4.69, 9.17) is 15.4 Å². The summed E-state index contributed by atoms with van der Waals surface area (Å²) in [5, 5.41) is 7.90. The maximum atomic E-state index is 12.1. The molecule has 0 spiro atoms. The number of para-hydroxylation sites is 1. The van der Waals surface area contributed by atoms with Gasteiger partial charge in [0, 0.05) is 12.6 Å². The highest BCUT2D eigenvalue weighted by Crippen LogP contribution is 2.16. The lowest BCUT2D eigenvalue weighted by atomic mass is 10.0. The van der Waals surface area contributed by atoms with Crippen LogP contribution in [0.2, 0.25) is 0 Å². The van der Waals surface area contributed by atoms with Gasteiger partial charge in [-0.1, -0.05) is 47.6 Å². The van der Waals surface area contributed by atoms with Crippen LogP contribution >= 0.6 is 0 Å². The third-order valence-electron chi connectivity index (χ3n) is 3.73. The van der Waals surface area contributed by atoms with Crippen LogP contribution in [0.5, 0.6) is 0 Å². The molecule has 2 aromatic rings. The first-order valence-corrected chi connectivity index (χ1v) is 8.38. The van der Waals surface area contributed by atoms with E-state index >= 15 is 0 Å². The molecule has 0 saturated carbocycles. The van der Waals surface area contributed by atoms with Crippen molar-refractivity contribution in [3.05, 3.63) is 77.7 Å². The molecule has 0 heterocycles. The van der Waals surface area contributed by atoms with Crippen LogP contribution in [0.3, 0.4) is 0 Å². The summed E-state index contributed by atoms with van der Waals surface area (Å²) in [6, 6.07) is 16.9. The summed E-state index contributed by atoms with van der Waals surface area (Å²) < 4.78 is 5.81. The molecule has 7 heteroatoms. The van der Waals surface area contributed by atoms with Gasteiger partial charge in [0.15, 0.2) is 5.71 Å². The highest BCUT2D eigenvalue weighted by Gasteiger charge is 2.17. The molecule has 7 nitrogen and oxygen atoms in total. The molecule has 0 aliphatic heterocycles. The third-order valence-corrected chi connectivity index (χ3v) is 3.73. The molecule has 2 aromatic carbocycles. The van der Waals surface area contributed by atoms with Gasteiger partial charge in [0.2, 0.25) is 0 Å². The molecule has 27 heavy (non-hydrogen) atoms. The molecule has 142 valence electrons. The molecule has 0 fully saturated rings. The Labute approximate surface area is 159 Å². The van der Waals surface area contributed by atoms with Crippen LogP contribution in [-0.4, -0.2) is 25.8 Å². The molecule has 0 aliphatic carbocycles. The van der Waals surface area contributed by atoms with Crippen molar-refractivity contribution in [1.29, 1.82) is 0 Å². The summed E-state index contributed by atoms with van der Waals surface area (Å²) in [5.41, 5.74) is 2.47. The number of anilines is 1. The van der Waals surface area contributed by atoms with Gasteiger partial charge >= 0.3 is 0 Å². The summed E-state index contributed by atoms with van der Waals surface area (Å²) in [6.07, 6.45) is 1.70. The lowest BCUT2D eigenvalue weighted by Gasteiger charge is -2.16. The molecule has 0 aliphatic rings. The lowest BCUT2D eigenvalue weighted by molar-refractivity contribution is -0.114. The highest BCUT2D eigenvalue weighted by atomic mass is 16.6. The number of hydrogen-bond acceptors (Lipinski definition) is 6. The number of amides is 1. The van der Waals surface area contributed by atoms with Crippen molar-refractivity contribution in [2.24, 2.45) is 11.0 Å². The molecule has 0 saturated heterocycles. The van der Waals surface area contributed by atoms with Gasteiger partial charge in [0.05, 0.1) is 11.9 Å². The summed E-state index contributed by atoms with van der Waals surface area (Å²) in [7, 11) is 2.94. The zero-order chi connectivity index (χ0) is 19.6. The number of hydrogen-bond donors (Lipinski definition) is 2. The van der Waals surface area contributed by atoms with Crippen molar-refractivity contribution in [1.82, 2.24) is 5.32 Å². The number of oxime groups is 1. The Bertz CT molecular complexity index is 819. The smallest absolute Gasteiger partial charge is 0.273 e. The molecule has 0 unspecified atom stereocenters. The molecule has 0 bridgehead atoms. The number of benzene rings is 2. The van der Waals surface area contributed by atoms with Gasteiger partial charge in [0.1, 0.15) is 19.5 Å². The van der Waals surface area contributed by atoms with E-state index < -0.39 is 0 Å². The zero-order valence-electron chi connectivity index (χ0n) is 15.7. The minimum absolute atomic E-state index is 0.186. The Kier molecular flexibility index (Phi) is 7.39. The molecule has 3 N–H and O–H groups in total. The number of hydrazine groups is 1. The van der Waals surface area contributed by atoms with Crippen molar-refractivity contribution >= 4 is 17.3 Å². The van der Waals surface area contributed by atoms with Gasteiger partial charge in [-0.3, -0.25) is 9.80 Å². The Balaban J connectivity index is 2.15. The van der Waals surface area contributed by atoms with E-state index in [-0.39, 0.29) is 18.2 Å². The maximum absolute atomic E-state index is 12.1. The summed E-state index contributed by atoms with van der Waals surface area (Å²) in [4.78, 5) is 16.9. The van der Waals surface area contributed by atoms with E-state index in [9.17, 15) is 4.79 Å². The predicted molar refractivity (Wildman–Crippen MR) is 106 cm³/mol. The van der Waals surface area contributed by atoms with Crippen LogP contribution in [-0.2, 0) is 21.0 Å². The number of nitrogens with two attached hydrogens (primary N) is 1. The van der Waals surface area contributed by atoms with Crippen molar-refractivity contribution in [2.45, 2.75) is 13.5 Å². The second-order valence-electron chi connectivity index (χ2n) is 5.63. The number of carbonyl (C=O) groups excluding carboxylic acids is 1. The van der Waals surface area contributed by atoms with Gasteiger partial charge in [-0.25, -0.2) is 5.84 Å². The zero-order valence-corrected chi connectivity index (χ0v) is 15.7. The van der Waals surface area contributed by atoms with E-state index in [1.165, 1.54) is 12.1 Å². The largest absolute Gasteiger partial charge is 0.492 e. The number of ether oxygens (including phenoxy) is 1. The first kappa shape index (κ1) is 20.0. The van der Waals surface area contributed by atoms with Gasteiger partial charge in [-0.05, 0) is 24.6 Å². The van der Waals surface area contributed by atoms with Crippen molar-refractivity contribution in [3.8, 4) is 0 Å². The Hall–Kier alpha value is -3.32. The average Bonchev–Trinajstić information content (AvgIpc) is 2.71. The summed E-state index contributed by atoms with van der Waals surface area (Å²) >= 11 is 0. The van der Waals surface area contributed by atoms with Gasteiger partial charge in [-0.15, -0.1) is 0 Å². The summed E-state index contributed by atoms with van der Waals surface area (Å²) in [5.74, 6) is 6.32. The lowest BCUT2D eigenvalue weighted by Crippen LogP contribution is -2.29. The number of allylic oxidation sites excluding steroid dienone is 1. The molecule has 0 radical (unpaired) electrons. The fourth-order valence-corrected chi connectivity index (χ4v) is 2.40. The predicted octanol–water partition coefficient (Wildman–Crippen LogP) is 2.54. The van der Waals surface area contributed by atoms with Crippen molar-refractivity contribution in [2.75, 3.05) is 19.2 Å². The van der Waals surface area contributed by atoms with Crippen LogP contribution in [0.4, 0.5) is 5.69 Å². The van der Waals surface area contributed by atoms with Gasteiger partial charge in [0.25, 0.3) is 5.91 Å². The topological polar surface area (TPSA) is 89.2 Å². The number of carbonyl (C=O) groups is 1. The molecule has 0 atom stereocenters. The highest BCUT2D eigenvalue weighted by molar-refractivity contribution is 6.45. The third kappa shape index (κ3) is 5.58. The fraction of sp³-hybridized carbons (Fsp3) is 0.200. The SMILES string of the molecule is CNC(=O)/C(=N/OC)c1ccccc1CO/C(C)=C/N(N)c1ccccc1. The average molecular weight is 368 g/mol. The van der Waals surface area contributed by atoms with E-state index in [1.54, 1.807) is 19.3 Å². The van der Waals surface area contributed by atoms with E-state index in [1.807, 2.05) is 55.5 Å². The number of likely N-dealkylation sites (N-methyl/N-ethyl adjacent to an activating group) is 1. The van der Waals surface area contributed by atoms with Crippen LogP contribution in [0, 0.1) is 0 Å². The standard InChI is InChI=1S/C20H24N4O3/c1-15(13-24(21)17-10-5-4-6-11-17)27-14-16-9-7-8-12-18(16)19(23-26-3)20(25)22-2/h4-13H,14,21H2,1-3H3,(H,22,25)/b15-13+,23-19+. The fourth-order valence-electron chi connectivity index (χ4n) is 2.40. The first-order valence-electron chi connectivity index (χ1n) is 8.38. The number of nitrogens with zero attached hydrogens (tertiary/aromatic N) is 2. The molecule has 1 amide bonds. The van der Waals surface area contributed by atoms with Crippen molar-refractivity contribution in [3.63, 3.8) is 0 Å². The minimum Gasteiger partial charge on any atom is -0.492 e. The Morgan fingerprint density at radius 2 is 1.85 bits per heavy atom. The normalized spacial score (nSPS) is 11.7. The number of rotatable bonds is 8. The Morgan fingerprint density at radius 3 is 2.52 bits per heavy atom. The van der Waals surface area contributed by atoms with E-state index in [0.717, 1.165) is 11.3 Å². The summed E-state index contributed by atoms with van der Waals surface area (Å²) in [6.45, 7) is 2.06. The monoisotopic (exact) mass is 368 g/mol. The molecular weight excluding hydrogens is 344 g/mol. The molecule has 0 aromatic heterocycles. The number of nitrogens with one attached hydrogen (secondary N) is 1. The minimum atomic E-state index is -0.339. The van der Waals surface area contributed by atoms with Crippen molar-refractivity contribution < 1.29 is 14.4 Å². The first-order chi connectivity index (χ1) is 13.1. The second-order valence-corrected chi connectivity index (χ2v) is 5.63. The molecule has 2 rings (SSSR count). The van der Waals surface area contributed by atoms with Crippen LogP contribution in [0.25, 0.3) is 0 Å². The van der Waals surface area contributed by atoms with Crippen LogP contribution in [0.15, 0.2) is 71.7 Å². The van der Waals surface area contributed by atoms with E-state index in [2.05, 4.69) is 10.5 Å². The second kappa shape index (κ2) is 9.98. The molecular formula is C20H24N4O3. The maximum Gasteiger partial charge on any atom is 0.273 e. The van der Waals surface area contributed by atoms with Crippen LogP contribution < -0.4 is 16.2 Å². The van der Waals surface area contributed by atoms with Crippen LogP contribution in [0.1, 0.15) is 18.1 Å². The Morgan fingerprint density at radius 1 is 1.19 bits per heavy atom. The van der Waals surface area contributed by atoms with Gasteiger partial charge in [-0.2, -0.15) is 0 Å². The quantitative estimate of drug-likeness (QED) is 0.323.